The van der Waals surface area contributed by atoms with Gasteiger partial charge in [0.15, 0.2) is 5.78 Å². The zero-order valence-corrected chi connectivity index (χ0v) is 16.8. The Balaban J connectivity index is 2.18. The van der Waals surface area contributed by atoms with Gasteiger partial charge >= 0.3 is 12.4 Å². The molecule has 0 radical (unpaired) electrons. The van der Waals surface area contributed by atoms with Crippen molar-refractivity contribution in [1.82, 2.24) is 14.9 Å². The SMILES string of the molecule is CC(C)(C)CC(=O)Cn1c(CC2CNC2)nc2c(C(F)(F)F)cc(C(F)(F)F)cc21. The fourth-order valence-corrected chi connectivity index (χ4v) is 3.56. The van der Waals surface area contributed by atoms with Crippen molar-refractivity contribution in [1.29, 1.82) is 0 Å². The minimum Gasteiger partial charge on any atom is -0.320 e. The van der Waals surface area contributed by atoms with Crippen LogP contribution in [0.3, 0.4) is 0 Å². The van der Waals surface area contributed by atoms with Gasteiger partial charge in [-0.25, -0.2) is 4.98 Å². The van der Waals surface area contributed by atoms with E-state index in [0.29, 0.717) is 19.2 Å². The zero-order chi connectivity index (χ0) is 22.5. The summed E-state index contributed by atoms with van der Waals surface area (Å²) in [6.45, 7) is 6.46. The molecule has 4 nitrogen and oxygen atoms in total. The first-order chi connectivity index (χ1) is 13.6. The van der Waals surface area contributed by atoms with Crippen LogP contribution in [0.4, 0.5) is 26.3 Å². The lowest BCUT2D eigenvalue weighted by molar-refractivity contribution is -0.142. The summed E-state index contributed by atoms with van der Waals surface area (Å²) < 4.78 is 81.8. The monoisotopic (exact) mass is 435 g/mol. The Morgan fingerprint density at radius 3 is 2.20 bits per heavy atom. The number of aromatic nitrogens is 2. The van der Waals surface area contributed by atoms with E-state index in [0.717, 1.165) is 0 Å². The van der Waals surface area contributed by atoms with Crippen molar-refractivity contribution >= 4 is 16.8 Å². The summed E-state index contributed by atoms with van der Waals surface area (Å²) in [5.74, 6) is 0.0269. The zero-order valence-electron chi connectivity index (χ0n) is 16.8. The molecule has 2 aromatic rings. The van der Waals surface area contributed by atoms with E-state index in [-0.39, 0.29) is 53.9 Å². The Morgan fingerprint density at radius 2 is 1.73 bits per heavy atom. The quantitative estimate of drug-likeness (QED) is 0.684. The predicted octanol–water partition coefficient (Wildman–Crippen LogP) is 4.84. The van der Waals surface area contributed by atoms with Crippen LogP contribution in [0.15, 0.2) is 12.1 Å². The number of hydrogen-bond donors (Lipinski definition) is 1. The molecule has 1 aliphatic heterocycles. The van der Waals surface area contributed by atoms with E-state index in [1.54, 1.807) is 0 Å². The Bertz CT molecular complexity index is 949. The van der Waals surface area contributed by atoms with Gasteiger partial charge in [-0.15, -0.1) is 0 Å². The molecular formula is C20H23F6N3O. The lowest BCUT2D eigenvalue weighted by Gasteiger charge is -2.27. The minimum absolute atomic E-state index is 0.0886. The largest absolute Gasteiger partial charge is 0.418 e. The molecule has 1 aromatic heterocycles. The summed E-state index contributed by atoms with van der Waals surface area (Å²) in [7, 11) is 0. The Hall–Kier alpha value is -2.10. The highest BCUT2D eigenvalue weighted by atomic mass is 19.4. The first-order valence-corrected chi connectivity index (χ1v) is 9.55. The molecule has 0 saturated carbocycles. The molecular weight excluding hydrogens is 412 g/mol. The molecule has 0 amide bonds. The molecule has 1 saturated heterocycles. The minimum atomic E-state index is -5.01. The van der Waals surface area contributed by atoms with Crippen LogP contribution in [0.25, 0.3) is 11.0 Å². The molecule has 1 N–H and O–H groups in total. The molecule has 30 heavy (non-hydrogen) atoms. The van der Waals surface area contributed by atoms with Crippen molar-refractivity contribution in [2.24, 2.45) is 11.3 Å². The van der Waals surface area contributed by atoms with Crippen molar-refractivity contribution in [3.63, 3.8) is 0 Å². The number of benzene rings is 1. The average molecular weight is 435 g/mol. The fourth-order valence-electron chi connectivity index (χ4n) is 3.56. The number of carbonyl (C=O) groups excluding carboxylic acids is 1. The van der Waals surface area contributed by atoms with E-state index in [4.69, 9.17) is 0 Å². The lowest BCUT2D eigenvalue weighted by Crippen LogP contribution is -2.43. The summed E-state index contributed by atoms with van der Waals surface area (Å²) in [5, 5.41) is 3.04. The van der Waals surface area contributed by atoms with Gasteiger partial charge in [0.25, 0.3) is 0 Å². The van der Waals surface area contributed by atoms with Crippen LogP contribution in [0.1, 0.15) is 44.1 Å². The van der Waals surface area contributed by atoms with Crippen molar-refractivity contribution < 1.29 is 31.1 Å². The summed E-state index contributed by atoms with van der Waals surface area (Å²) in [5.41, 5.74) is -4.09. The maximum Gasteiger partial charge on any atom is 0.418 e. The summed E-state index contributed by atoms with van der Waals surface area (Å²) in [6.07, 6.45) is -9.55. The summed E-state index contributed by atoms with van der Waals surface area (Å²) in [4.78, 5) is 16.6. The van der Waals surface area contributed by atoms with Gasteiger partial charge in [0.1, 0.15) is 11.3 Å². The normalized spacial score (nSPS) is 16.2. The van der Waals surface area contributed by atoms with Crippen LogP contribution in [0, 0.1) is 11.3 Å². The molecule has 1 aromatic carbocycles. The van der Waals surface area contributed by atoms with Gasteiger partial charge in [-0.1, -0.05) is 20.8 Å². The van der Waals surface area contributed by atoms with Crippen LogP contribution in [-0.2, 0) is 30.1 Å². The Morgan fingerprint density at radius 1 is 1.10 bits per heavy atom. The Kier molecular flexibility index (Phi) is 5.68. The highest BCUT2D eigenvalue weighted by Crippen LogP contribution is 2.40. The third-order valence-corrected chi connectivity index (χ3v) is 4.96. The highest BCUT2D eigenvalue weighted by molar-refractivity contribution is 5.85. The first-order valence-electron chi connectivity index (χ1n) is 9.55. The number of ketones is 1. The average Bonchev–Trinajstić information content (AvgIpc) is 2.84. The second-order valence-electron chi connectivity index (χ2n) is 9.01. The van der Waals surface area contributed by atoms with Gasteiger partial charge in [-0.05, 0) is 36.6 Å². The Labute approximate surface area is 169 Å². The number of fused-ring (bicyclic) bond motifs is 1. The van der Waals surface area contributed by atoms with Crippen molar-refractivity contribution in [3.05, 3.63) is 29.1 Å². The van der Waals surface area contributed by atoms with E-state index in [1.165, 1.54) is 4.57 Å². The number of hydrogen-bond acceptors (Lipinski definition) is 3. The molecule has 1 fully saturated rings. The number of nitrogens with zero attached hydrogens (tertiary/aromatic N) is 2. The molecule has 0 bridgehead atoms. The number of alkyl halides is 6. The van der Waals surface area contributed by atoms with Gasteiger partial charge in [-0.3, -0.25) is 4.79 Å². The third kappa shape index (κ3) is 4.96. The molecule has 0 atom stereocenters. The van der Waals surface area contributed by atoms with E-state index < -0.39 is 29.0 Å². The molecule has 0 unspecified atom stereocenters. The van der Waals surface area contributed by atoms with Crippen LogP contribution in [-0.4, -0.2) is 28.4 Å². The van der Waals surface area contributed by atoms with Crippen molar-refractivity contribution in [3.8, 4) is 0 Å². The van der Waals surface area contributed by atoms with E-state index >= 15 is 0 Å². The van der Waals surface area contributed by atoms with E-state index in [2.05, 4.69) is 10.3 Å². The molecule has 2 heterocycles. The number of rotatable bonds is 5. The molecule has 3 rings (SSSR count). The summed E-state index contributed by atoms with van der Waals surface area (Å²) in [6, 6.07) is 0.746. The van der Waals surface area contributed by atoms with Crippen LogP contribution >= 0.6 is 0 Å². The number of halogens is 6. The smallest absolute Gasteiger partial charge is 0.320 e. The number of imidazole rings is 1. The maximum atomic E-state index is 13.6. The first kappa shape index (κ1) is 22.6. The molecule has 0 spiro atoms. The standard InChI is InChI=1S/C20H23F6N3O/c1-18(2,3)7-13(30)10-29-15-6-12(19(21,22)23)5-14(20(24,25)26)17(15)28-16(29)4-11-8-27-9-11/h5-6,11,27H,4,7-10H2,1-3H3. The van der Waals surface area contributed by atoms with Gasteiger partial charge in [0.2, 0.25) is 0 Å². The number of Topliss-reactive ketones (excluding diaryl/α,β-unsaturated/α-hetero) is 1. The fraction of sp³-hybridized carbons (Fsp3) is 0.600. The molecule has 0 aliphatic carbocycles. The van der Waals surface area contributed by atoms with Crippen LogP contribution < -0.4 is 5.32 Å². The molecule has 1 aliphatic rings. The van der Waals surface area contributed by atoms with Gasteiger partial charge in [0, 0.05) is 12.8 Å². The van der Waals surface area contributed by atoms with Gasteiger partial charge in [-0.2, -0.15) is 26.3 Å². The third-order valence-electron chi connectivity index (χ3n) is 4.96. The number of carbonyl (C=O) groups is 1. The van der Waals surface area contributed by atoms with Crippen molar-refractivity contribution in [2.75, 3.05) is 13.1 Å². The molecule has 10 heteroatoms. The second kappa shape index (κ2) is 7.55. The van der Waals surface area contributed by atoms with Gasteiger partial charge < -0.3 is 9.88 Å². The highest BCUT2D eigenvalue weighted by Gasteiger charge is 2.40. The van der Waals surface area contributed by atoms with E-state index in [1.807, 2.05) is 20.8 Å². The lowest BCUT2D eigenvalue weighted by atomic mass is 9.90. The molecule has 166 valence electrons. The van der Waals surface area contributed by atoms with Crippen LogP contribution in [0.5, 0.6) is 0 Å². The topological polar surface area (TPSA) is 46.9 Å². The second-order valence-corrected chi connectivity index (χ2v) is 9.01. The maximum absolute atomic E-state index is 13.6. The number of nitrogens with one attached hydrogen (secondary N) is 1. The predicted molar refractivity (Wildman–Crippen MR) is 98.9 cm³/mol. The summed E-state index contributed by atoms with van der Waals surface area (Å²) >= 11 is 0. The van der Waals surface area contributed by atoms with Crippen LogP contribution in [0.2, 0.25) is 0 Å². The van der Waals surface area contributed by atoms with Gasteiger partial charge in [0.05, 0.1) is 23.2 Å². The van der Waals surface area contributed by atoms with Crippen molar-refractivity contribution in [2.45, 2.75) is 52.5 Å². The van der Waals surface area contributed by atoms with E-state index in [9.17, 15) is 31.1 Å².